The van der Waals surface area contributed by atoms with Gasteiger partial charge in [0.15, 0.2) is 11.4 Å². The first-order chi connectivity index (χ1) is 21.0. The Kier molecular flexibility index (Phi) is 10.5. The highest BCUT2D eigenvalue weighted by molar-refractivity contribution is 7.99. The van der Waals surface area contributed by atoms with E-state index in [4.69, 9.17) is 14.6 Å². The van der Waals surface area contributed by atoms with Gasteiger partial charge in [-0.05, 0) is 46.0 Å². The molecule has 5 rings (SSSR count). The number of thioether (sulfide) groups is 1. The Labute approximate surface area is 254 Å². The maximum atomic E-state index is 12.0. The first kappa shape index (κ1) is 30.4. The van der Waals surface area contributed by atoms with E-state index in [1.165, 1.54) is 0 Å². The van der Waals surface area contributed by atoms with Crippen molar-refractivity contribution in [3.05, 3.63) is 114 Å². The summed E-state index contributed by atoms with van der Waals surface area (Å²) < 4.78 is 13.0. The number of amides is 1. The van der Waals surface area contributed by atoms with E-state index in [1.807, 2.05) is 66.7 Å². The van der Waals surface area contributed by atoms with Gasteiger partial charge in [0.05, 0.1) is 25.2 Å². The second-order valence-electron chi connectivity index (χ2n) is 10.2. The van der Waals surface area contributed by atoms with Gasteiger partial charge in [-0.15, -0.1) is 0 Å². The Morgan fingerprint density at radius 3 is 2.35 bits per heavy atom. The van der Waals surface area contributed by atoms with Crippen LogP contribution in [-0.4, -0.2) is 43.9 Å². The second kappa shape index (κ2) is 14.9. The van der Waals surface area contributed by atoms with Crippen LogP contribution < -0.4 is 5.32 Å². The van der Waals surface area contributed by atoms with Gasteiger partial charge in [0.1, 0.15) is 0 Å². The number of ether oxygens (including phenoxy) is 2. The summed E-state index contributed by atoms with van der Waals surface area (Å²) in [6.07, 6.45) is 2.94. The number of rotatable bonds is 12. The third-order valence-corrected chi connectivity index (χ3v) is 8.04. The van der Waals surface area contributed by atoms with Gasteiger partial charge in [-0.2, -0.15) is 0 Å². The Hall–Kier alpha value is -4.09. The molecule has 4 aromatic rings. The van der Waals surface area contributed by atoms with Crippen LogP contribution in [0.2, 0.25) is 0 Å². The van der Waals surface area contributed by atoms with Crippen LogP contribution in [0.5, 0.6) is 0 Å². The zero-order valence-corrected chi connectivity index (χ0v) is 24.3. The van der Waals surface area contributed by atoms with Gasteiger partial charge >= 0.3 is 5.97 Å². The zero-order valence-electron chi connectivity index (χ0n) is 23.5. The van der Waals surface area contributed by atoms with Crippen molar-refractivity contribution in [3.63, 3.8) is 0 Å². The smallest absolute Gasteiger partial charge is 0.303 e. The topological polar surface area (TPSA) is 131 Å². The molecule has 2 heterocycles. The molecule has 1 aliphatic rings. The summed E-state index contributed by atoms with van der Waals surface area (Å²) in [7, 11) is 0. The number of nitrogens with zero attached hydrogens (tertiary/aromatic N) is 2. The Balaban J connectivity index is 1.32. The fraction of sp³-hybridized carbons (Fsp3) is 0.273. The highest BCUT2D eigenvalue weighted by Crippen LogP contribution is 2.40. The molecule has 43 heavy (non-hydrogen) atoms. The molecule has 0 saturated carbocycles. The largest absolute Gasteiger partial charge is 0.481 e. The Morgan fingerprint density at radius 1 is 0.860 bits per heavy atom. The number of carboxylic acids is 1. The first-order valence-corrected chi connectivity index (χ1v) is 15.0. The van der Waals surface area contributed by atoms with Gasteiger partial charge in [0.25, 0.3) is 0 Å². The van der Waals surface area contributed by atoms with Crippen LogP contribution in [0.15, 0.2) is 96.4 Å². The highest BCUT2D eigenvalue weighted by atomic mass is 32.2. The van der Waals surface area contributed by atoms with Crippen LogP contribution in [0.1, 0.15) is 53.9 Å². The van der Waals surface area contributed by atoms with Gasteiger partial charge in [-0.3, -0.25) is 9.59 Å². The molecule has 10 heteroatoms. The number of aliphatic hydroxyl groups excluding tert-OH is 1. The summed E-state index contributed by atoms with van der Waals surface area (Å²) in [5.41, 5.74) is 5.60. The van der Waals surface area contributed by atoms with Gasteiger partial charge in [0, 0.05) is 43.1 Å². The molecule has 1 amide bonds. The molecule has 0 aliphatic carbocycles. The van der Waals surface area contributed by atoms with Gasteiger partial charge in [-0.25, -0.2) is 9.97 Å². The molecule has 0 bridgehead atoms. The number of nitrogens with one attached hydrogen (secondary N) is 1. The molecule has 3 unspecified atom stereocenters. The summed E-state index contributed by atoms with van der Waals surface area (Å²) in [5.74, 6) is -0.632. The van der Waals surface area contributed by atoms with E-state index in [9.17, 15) is 14.7 Å². The number of aliphatic hydroxyl groups is 1. The van der Waals surface area contributed by atoms with E-state index >= 15 is 0 Å². The predicted molar refractivity (Wildman–Crippen MR) is 162 cm³/mol. The molecule has 0 radical (unpaired) electrons. The van der Waals surface area contributed by atoms with E-state index in [2.05, 4.69) is 21.4 Å². The van der Waals surface area contributed by atoms with Gasteiger partial charge < -0.3 is 25.0 Å². The van der Waals surface area contributed by atoms with Crippen molar-refractivity contribution >= 4 is 23.6 Å². The Morgan fingerprint density at radius 2 is 1.60 bits per heavy atom. The van der Waals surface area contributed by atoms with Crippen LogP contribution in [0.4, 0.5) is 0 Å². The number of carbonyl (C=O) groups is 2. The SMILES string of the molecule is O=C(O)CCC(=O)NCc1cccc(-c2cccc(C3OC(CSc4ncccn4)CC(c4ccc(CO)cc4)O3)c2)c1. The number of benzene rings is 3. The lowest BCUT2D eigenvalue weighted by Gasteiger charge is -2.36. The number of hydrogen-bond donors (Lipinski definition) is 3. The normalized spacial score (nSPS) is 18.2. The molecule has 0 spiro atoms. The number of aromatic nitrogens is 2. The minimum Gasteiger partial charge on any atom is -0.481 e. The van der Waals surface area contributed by atoms with E-state index in [0.717, 1.165) is 33.4 Å². The van der Waals surface area contributed by atoms with Crippen molar-refractivity contribution in [2.45, 2.75) is 56.1 Å². The Bertz CT molecular complexity index is 1520. The van der Waals surface area contributed by atoms with Gasteiger partial charge in [0.2, 0.25) is 5.91 Å². The van der Waals surface area contributed by atoms with Crippen molar-refractivity contribution in [2.75, 3.05) is 5.75 Å². The molecule has 1 aliphatic heterocycles. The molecule has 1 saturated heterocycles. The summed E-state index contributed by atoms with van der Waals surface area (Å²) in [4.78, 5) is 31.4. The maximum absolute atomic E-state index is 12.0. The summed E-state index contributed by atoms with van der Waals surface area (Å²) in [6, 6.07) is 25.5. The third kappa shape index (κ3) is 8.71. The predicted octanol–water partition coefficient (Wildman–Crippen LogP) is 5.45. The quantitative estimate of drug-likeness (QED) is 0.144. The van der Waals surface area contributed by atoms with Gasteiger partial charge in [-0.1, -0.05) is 72.4 Å². The lowest BCUT2D eigenvalue weighted by molar-refractivity contribution is -0.245. The molecule has 3 N–H and O–H groups in total. The fourth-order valence-corrected chi connectivity index (χ4v) is 5.61. The number of carbonyl (C=O) groups excluding carboxylic acids is 1. The van der Waals surface area contributed by atoms with Crippen LogP contribution in [0.25, 0.3) is 11.1 Å². The van der Waals surface area contributed by atoms with Crippen molar-refractivity contribution in [1.29, 1.82) is 0 Å². The van der Waals surface area contributed by atoms with Crippen molar-refractivity contribution in [1.82, 2.24) is 15.3 Å². The molecular formula is C33H33N3O6S. The molecule has 3 atom stereocenters. The molecular weight excluding hydrogens is 566 g/mol. The van der Waals surface area contributed by atoms with Crippen molar-refractivity contribution in [2.24, 2.45) is 0 Å². The average Bonchev–Trinajstić information content (AvgIpc) is 3.06. The van der Waals surface area contributed by atoms with Crippen LogP contribution in [-0.2, 0) is 32.2 Å². The molecule has 1 fully saturated rings. The fourth-order valence-electron chi connectivity index (χ4n) is 4.79. The number of carboxylic acid groups (broad SMARTS) is 1. The third-order valence-electron chi connectivity index (χ3n) is 7.03. The molecule has 1 aromatic heterocycles. The molecule has 3 aromatic carbocycles. The van der Waals surface area contributed by atoms with Crippen molar-refractivity contribution in [3.8, 4) is 11.1 Å². The number of aliphatic carboxylic acids is 1. The monoisotopic (exact) mass is 599 g/mol. The van der Waals surface area contributed by atoms with E-state index < -0.39 is 12.3 Å². The number of hydrogen-bond acceptors (Lipinski definition) is 8. The lowest BCUT2D eigenvalue weighted by Crippen LogP contribution is -2.31. The first-order valence-electron chi connectivity index (χ1n) is 14.0. The second-order valence-corrected chi connectivity index (χ2v) is 11.2. The summed E-state index contributed by atoms with van der Waals surface area (Å²) in [6.45, 7) is 0.293. The molecule has 222 valence electrons. The minimum atomic E-state index is -0.996. The van der Waals surface area contributed by atoms with Crippen molar-refractivity contribution < 1.29 is 29.3 Å². The van der Waals surface area contributed by atoms with E-state index in [0.29, 0.717) is 23.9 Å². The summed E-state index contributed by atoms with van der Waals surface area (Å²) >= 11 is 1.55. The van der Waals surface area contributed by atoms with Crippen LogP contribution in [0, 0.1) is 0 Å². The molecule has 9 nitrogen and oxygen atoms in total. The average molecular weight is 600 g/mol. The van der Waals surface area contributed by atoms with Crippen LogP contribution >= 0.6 is 11.8 Å². The highest BCUT2D eigenvalue weighted by Gasteiger charge is 2.32. The minimum absolute atomic E-state index is 0.0149. The van der Waals surface area contributed by atoms with E-state index in [-0.39, 0.29) is 37.6 Å². The van der Waals surface area contributed by atoms with E-state index in [1.54, 1.807) is 30.2 Å². The summed E-state index contributed by atoms with van der Waals surface area (Å²) in [5, 5.41) is 21.7. The maximum Gasteiger partial charge on any atom is 0.303 e. The lowest BCUT2D eigenvalue weighted by atomic mass is 9.99. The zero-order chi connectivity index (χ0) is 30.0. The van der Waals surface area contributed by atoms with Crippen LogP contribution in [0.3, 0.4) is 0 Å². The standard InChI is InChI=1S/C33H33N3O6S/c37-20-22-8-10-24(11-9-22)29-18-28(21-43-33-34-14-3-15-35-33)41-32(42-29)27-7-2-6-26(17-27)25-5-1-4-23(16-25)19-36-30(38)12-13-31(39)40/h1-11,14-17,28-29,32,37H,12-13,18-21H2,(H,36,38)(H,39,40).